The van der Waals surface area contributed by atoms with E-state index in [1.165, 1.54) is 17.1 Å². The molecule has 0 bridgehead atoms. The number of carbonyl (C=O) groups excluding carboxylic acids is 1. The lowest BCUT2D eigenvalue weighted by Crippen LogP contribution is -2.49. The number of hydrogen-bond acceptors (Lipinski definition) is 4. The average Bonchev–Trinajstić information content (AvgIpc) is 3.09. The molecule has 1 aromatic carbocycles. The minimum absolute atomic E-state index is 0.00691. The van der Waals surface area contributed by atoms with Crippen molar-refractivity contribution in [3.05, 3.63) is 53.2 Å². The molecule has 0 N–H and O–H groups in total. The lowest BCUT2D eigenvalue weighted by Gasteiger charge is -2.39. The van der Waals surface area contributed by atoms with Gasteiger partial charge in [-0.25, -0.2) is 9.67 Å². The number of piperidine rings is 1. The Labute approximate surface area is 157 Å². The molecule has 140 valence electrons. The van der Waals surface area contributed by atoms with Crippen LogP contribution in [0.1, 0.15) is 33.1 Å². The Morgan fingerprint density at radius 1 is 1.15 bits per heavy atom. The van der Waals surface area contributed by atoms with Gasteiger partial charge in [0.1, 0.15) is 18.3 Å². The zero-order valence-corrected chi connectivity index (χ0v) is 15.6. The van der Waals surface area contributed by atoms with Crippen LogP contribution < -0.4 is 5.56 Å². The smallest absolute Gasteiger partial charge is 0.264 e. The number of benzene rings is 1. The van der Waals surface area contributed by atoms with Crippen molar-refractivity contribution in [1.29, 1.82) is 0 Å². The molecular formula is C20H23N5O2. The molecule has 1 amide bonds. The Morgan fingerprint density at radius 2 is 1.85 bits per heavy atom. The molecule has 7 heteroatoms. The maximum atomic E-state index is 12.9. The number of fused-ring (bicyclic) bond motifs is 1. The van der Waals surface area contributed by atoms with Crippen LogP contribution in [0.5, 0.6) is 0 Å². The first-order valence-corrected chi connectivity index (χ1v) is 9.36. The maximum absolute atomic E-state index is 12.9. The van der Waals surface area contributed by atoms with Crippen LogP contribution in [0, 0.1) is 0 Å². The summed E-state index contributed by atoms with van der Waals surface area (Å²) in [5.74, 6) is -0.0339. The molecule has 27 heavy (non-hydrogen) atoms. The van der Waals surface area contributed by atoms with Gasteiger partial charge in [-0.3, -0.25) is 14.2 Å². The van der Waals surface area contributed by atoms with Gasteiger partial charge in [0, 0.05) is 12.1 Å². The highest BCUT2D eigenvalue weighted by atomic mass is 16.2. The summed E-state index contributed by atoms with van der Waals surface area (Å²) in [6, 6.07) is 9.95. The van der Waals surface area contributed by atoms with Crippen molar-refractivity contribution in [2.75, 3.05) is 0 Å². The van der Waals surface area contributed by atoms with Crippen LogP contribution in [0.3, 0.4) is 0 Å². The van der Waals surface area contributed by atoms with Crippen molar-refractivity contribution in [3.8, 4) is 5.69 Å². The van der Waals surface area contributed by atoms with Crippen LogP contribution in [0.25, 0.3) is 16.7 Å². The predicted octanol–water partition coefficient (Wildman–Crippen LogP) is 2.37. The van der Waals surface area contributed by atoms with Crippen molar-refractivity contribution in [2.45, 2.75) is 51.7 Å². The van der Waals surface area contributed by atoms with Gasteiger partial charge in [-0.1, -0.05) is 18.2 Å². The van der Waals surface area contributed by atoms with E-state index in [-0.39, 0.29) is 30.1 Å². The number of rotatable bonds is 3. The van der Waals surface area contributed by atoms with Gasteiger partial charge < -0.3 is 4.90 Å². The van der Waals surface area contributed by atoms with E-state index in [2.05, 4.69) is 23.9 Å². The molecule has 0 saturated carbocycles. The lowest BCUT2D eigenvalue weighted by molar-refractivity contribution is -0.138. The fourth-order valence-electron chi connectivity index (χ4n) is 3.96. The first-order valence-electron chi connectivity index (χ1n) is 9.36. The van der Waals surface area contributed by atoms with Gasteiger partial charge in [-0.05, 0) is 45.2 Å². The number of aromatic nitrogens is 4. The third kappa shape index (κ3) is 3.13. The molecule has 0 spiro atoms. The third-order valence-corrected chi connectivity index (χ3v) is 5.34. The summed E-state index contributed by atoms with van der Waals surface area (Å²) in [4.78, 5) is 32.0. The number of amides is 1. The SMILES string of the molecule is C[C@@H]1CCC[C@@H](C)N1C(=O)Cn1cnc2c(cnn2-c2ccccc2)c1=O. The second-order valence-electron chi connectivity index (χ2n) is 7.24. The van der Waals surface area contributed by atoms with E-state index in [0.29, 0.717) is 11.0 Å². The topological polar surface area (TPSA) is 73.0 Å². The molecule has 2 atom stereocenters. The van der Waals surface area contributed by atoms with Crippen LogP contribution in [0.4, 0.5) is 0 Å². The largest absolute Gasteiger partial charge is 0.336 e. The highest BCUT2D eigenvalue weighted by Crippen LogP contribution is 2.22. The Bertz CT molecular complexity index is 1010. The molecule has 0 unspecified atom stereocenters. The summed E-state index contributed by atoms with van der Waals surface area (Å²) in [5.41, 5.74) is 1.09. The van der Waals surface area contributed by atoms with Gasteiger partial charge >= 0.3 is 0 Å². The van der Waals surface area contributed by atoms with E-state index in [4.69, 9.17) is 0 Å². The second-order valence-corrected chi connectivity index (χ2v) is 7.24. The Kier molecular flexibility index (Phi) is 4.51. The number of para-hydroxylation sites is 1. The molecule has 1 fully saturated rings. The van der Waals surface area contributed by atoms with Gasteiger partial charge in [0.2, 0.25) is 5.91 Å². The van der Waals surface area contributed by atoms with Gasteiger partial charge in [0.15, 0.2) is 5.65 Å². The predicted molar refractivity (Wildman–Crippen MR) is 103 cm³/mol. The van der Waals surface area contributed by atoms with Crippen LogP contribution >= 0.6 is 0 Å². The number of likely N-dealkylation sites (tertiary alicyclic amines) is 1. The fraction of sp³-hybridized carbons (Fsp3) is 0.400. The minimum atomic E-state index is -0.243. The third-order valence-electron chi connectivity index (χ3n) is 5.34. The summed E-state index contributed by atoms with van der Waals surface area (Å²) in [6.45, 7) is 4.15. The summed E-state index contributed by atoms with van der Waals surface area (Å²) in [6.07, 6.45) is 6.12. The quantitative estimate of drug-likeness (QED) is 0.714. The van der Waals surface area contributed by atoms with Crippen LogP contribution in [-0.2, 0) is 11.3 Å². The summed E-state index contributed by atoms with van der Waals surface area (Å²) >= 11 is 0. The zero-order chi connectivity index (χ0) is 19.0. The molecule has 0 radical (unpaired) electrons. The average molecular weight is 365 g/mol. The van der Waals surface area contributed by atoms with E-state index in [0.717, 1.165) is 24.9 Å². The highest BCUT2D eigenvalue weighted by molar-refractivity contribution is 5.78. The van der Waals surface area contributed by atoms with Gasteiger partial charge in [-0.15, -0.1) is 0 Å². The number of carbonyl (C=O) groups is 1. The van der Waals surface area contributed by atoms with Gasteiger partial charge in [-0.2, -0.15) is 5.10 Å². The van der Waals surface area contributed by atoms with Crippen LogP contribution in [0.15, 0.2) is 47.7 Å². The Balaban J connectivity index is 1.65. The molecule has 3 aromatic rings. The lowest BCUT2D eigenvalue weighted by atomic mass is 9.97. The first-order chi connectivity index (χ1) is 13.1. The number of nitrogens with zero attached hydrogens (tertiary/aromatic N) is 5. The minimum Gasteiger partial charge on any atom is -0.336 e. The van der Waals surface area contributed by atoms with E-state index in [9.17, 15) is 9.59 Å². The first kappa shape index (κ1) is 17.5. The molecule has 0 aliphatic carbocycles. The molecule has 3 heterocycles. The molecule has 7 nitrogen and oxygen atoms in total. The van der Waals surface area contributed by atoms with Crippen molar-refractivity contribution in [2.24, 2.45) is 0 Å². The molecule has 1 aliphatic heterocycles. The monoisotopic (exact) mass is 365 g/mol. The molecular weight excluding hydrogens is 342 g/mol. The van der Waals surface area contributed by atoms with Crippen molar-refractivity contribution in [1.82, 2.24) is 24.2 Å². The molecule has 4 rings (SSSR count). The maximum Gasteiger partial charge on any atom is 0.264 e. The van der Waals surface area contributed by atoms with Gasteiger partial charge in [0.25, 0.3) is 5.56 Å². The Hall–Kier alpha value is -2.96. The summed E-state index contributed by atoms with van der Waals surface area (Å²) < 4.78 is 3.02. The fourth-order valence-corrected chi connectivity index (χ4v) is 3.96. The second kappa shape index (κ2) is 6.98. The van der Waals surface area contributed by atoms with E-state index >= 15 is 0 Å². The summed E-state index contributed by atoms with van der Waals surface area (Å²) in [7, 11) is 0. The Morgan fingerprint density at radius 3 is 2.56 bits per heavy atom. The van der Waals surface area contributed by atoms with E-state index in [1.54, 1.807) is 4.68 Å². The van der Waals surface area contributed by atoms with Crippen LogP contribution in [-0.4, -0.2) is 42.2 Å². The molecule has 1 aliphatic rings. The molecule has 2 aromatic heterocycles. The van der Waals surface area contributed by atoms with Gasteiger partial charge in [0.05, 0.1) is 11.9 Å². The normalized spacial score (nSPS) is 20.1. The van der Waals surface area contributed by atoms with Crippen molar-refractivity contribution < 1.29 is 4.79 Å². The van der Waals surface area contributed by atoms with E-state index in [1.807, 2.05) is 35.2 Å². The van der Waals surface area contributed by atoms with E-state index < -0.39 is 0 Å². The van der Waals surface area contributed by atoms with Crippen molar-refractivity contribution >= 4 is 16.9 Å². The summed E-state index contributed by atoms with van der Waals surface area (Å²) in [5, 5.41) is 4.72. The highest BCUT2D eigenvalue weighted by Gasteiger charge is 2.29. The zero-order valence-electron chi connectivity index (χ0n) is 15.6. The molecule has 1 saturated heterocycles. The van der Waals surface area contributed by atoms with Crippen LogP contribution in [0.2, 0.25) is 0 Å². The number of hydrogen-bond donors (Lipinski definition) is 0. The standard InChI is InChI=1S/C20H23N5O2/c1-14-7-6-8-15(2)24(14)18(26)12-23-13-21-19-17(20(23)27)11-22-25(19)16-9-4-3-5-10-16/h3-5,9-11,13-15H,6-8,12H2,1-2H3/t14-,15-/m1/s1. The van der Waals surface area contributed by atoms with Crippen molar-refractivity contribution in [3.63, 3.8) is 0 Å².